The van der Waals surface area contributed by atoms with Gasteiger partial charge in [0.1, 0.15) is 0 Å². The third kappa shape index (κ3) is 7.00. The van der Waals surface area contributed by atoms with Gasteiger partial charge in [-0.1, -0.05) is 62.4 Å². The zero-order valence-electron chi connectivity index (χ0n) is 12.5. The summed E-state index contributed by atoms with van der Waals surface area (Å²) in [6.45, 7) is 4.73. The van der Waals surface area contributed by atoms with E-state index >= 15 is 0 Å². The molecule has 0 aromatic heterocycles. The minimum Gasteiger partial charge on any atom is -0.215 e. The molecule has 0 aliphatic rings. The van der Waals surface area contributed by atoms with Gasteiger partial charge in [0.2, 0.25) is 10.0 Å². The fourth-order valence-corrected chi connectivity index (χ4v) is 3.62. The van der Waals surface area contributed by atoms with Crippen molar-refractivity contribution < 1.29 is 8.42 Å². The van der Waals surface area contributed by atoms with Gasteiger partial charge >= 0.3 is 0 Å². The van der Waals surface area contributed by atoms with Crippen molar-refractivity contribution in [3.8, 4) is 0 Å². The summed E-state index contributed by atoms with van der Waals surface area (Å²) < 4.78 is 26.9. The Morgan fingerprint density at radius 1 is 1.19 bits per heavy atom. The molecule has 1 atom stereocenters. The lowest BCUT2D eigenvalue weighted by Gasteiger charge is -2.15. The van der Waals surface area contributed by atoms with E-state index < -0.39 is 10.0 Å². The largest absolute Gasteiger partial charge is 0.215 e. The van der Waals surface area contributed by atoms with Crippen LogP contribution in [0.4, 0.5) is 0 Å². The Balaban J connectivity index is 2.58. The number of sulfonamides is 1. The molecule has 0 unspecified atom stereocenters. The normalized spacial score (nSPS) is 13.3. The molecule has 0 aliphatic carbocycles. The molecule has 1 N–H and O–H groups in total. The van der Waals surface area contributed by atoms with E-state index in [0.29, 0.717) is 28.1 Å². The first-order valence-electron chi connectivity index (χ1n) is 7.29. The minimum atomic E-state index is -3.35. The zero-order valence-corrected chi connectivity index (χ0v) is 14.9. The van der Waals surface area contributed by atoms with E-state index in [1.165, 1.54) is 0 Å². The smallest absolute Gasteiger partial charge is 0.215 e. The molecule has 0 saturated carbocycles. The Morgan fingerprint density at radius 2 is 1.90 bits per heavy atom. The molecule has 1 aromatic rings. The molecule has 1 aromatic carbocycles. The molecule has 6 heteroatoms. The van der Waals surface area contributed by atoms with E-state index in [1.807, 2.05) is 0 Å². The molecule has 1 rings (SSSR count). The van der Waals surface area contributed by atoms with Gasteiger partial charge in [0.25, 0.3) is 0 Å². The Labute approximate surface area is 138 Å². The van der Waals surface area contributed by atoms with Crippen LogP contribution in [-0.4, -0.2) is 15.0 Å². The maximum Gasteiger partial charge on any atom is 0.215 e. The maximum absolute atomic E-state index is 12.1. The van der Waals surface area contributed by atoms with Gasteiger partial charge in [0, 0.05) is 6.54 Å². The average Bonchev–Trinajstić information content (AvgIpc) is 2.43. The van der Waals surface area contributed by atoms with Crippen molar-refractivity contribution in [1.82, 2.24) is 4.72 Å². The molecular weight excluding hydrogens is 329 g/mol. The summed E-state index contributed by atoms with van der Waals surface area (Å²) >= 11 is 11.7. The van der Waals surface area contributed by atoms with Crippen molar-refractivity contribution in [2.45, 2.75) is 45.3 Å². The van der Waals surface area contributed by atoms with Crippen LogP contribution >= 0.6 is 23.2 Å². The molecule has 0 spiro atoms. The molecule has 0 amide bonds. The molecule has 120 valence electrons. The molecule has 21 heavy (non-hydrogen) atoms. The van der Waals surface area contributed by atoms with Gasteiger partial charge in [0.05, 0.1) is 15.8 Å². The van der Waals surface area contributed by atoms with Crippen LogP contribution in [0.15, 0.2) is 18.2 Å². The van der Waals surface area contributed by atoms with Crippen LogP contribution in [0, 0.1) is 5.92 Å². The standard InChI is InChI=1S/C15H23Cl2NO2S/c1-3-5-6-12(4-2)10-18-21(19,20)11-13-7-8-14(16)15(17)9-13/h7-9,12,18H,3-6,10-11H2,1-2H3/t12-/m0/s1. The van der Waals surface area contributed by atoms with Crippen LogP contribution in [0.2, 0.25) is 10.0 Å². The lowest BCUT2D eigenvalue weighted by molar-refractivity contribution is 0.443. The van der Waals surface area contributed by atoms with Crippen LogP contribution < -0.4 is 4.72 Å². The van der Waals surface area contributed by atoms with Crippen LogP contribution in [0.1, 0.15) is 45.1 Å². The molecular formula is C15H23Cl2NO2S. The summed E-state index contributed by atoms with van der Waals surface area (Å²) in [4.78, 5) is 0. The fourth-order valence-electron chi connectivity index (χ4n) is 2.09. The predicted octanol–water partition coefficient (Wildman–Crippen LogP) is 4.63. The molecule has 3 nitrogen and oxygen atoms in total. The summed E-state index contributed by atoms with van der Waals surface area (Å²) in [6.07, 6.45) is 4.30. The minimum absolute atomic E-state index is 0.0753. The van der Waals surface area contributed by atoms with Crippen molar-refractivity contribution in [3.63, 3.8) is 0 Å². The SMILES string of the molecule is CCCC[C@H](CC)CNS(=O)(=O)Cc1ccc(Cl)c(Cl)c1. The number of benzene rings is 1. The van der Waals surface area contributed by atoms with E-state index in [1.54, 1.807) is 18.2 Å². The predicted molar refractivity (Wildman–Crippen MR) is 90.4 cm³/mol. The summed E-state index contributed by atoms with van der Waals surface area (Å²) in [5.41, 5.74) is 0.638. The molecule has 0 saturated heterocycles. The van der Waals surface area contributed by atoms with E-state index in [4.69, 9.17) is 23.2 Å². The number of hydrogen-bond donors (Lipinski definition) is 1. The van der Waals surface area contributed by atoms with Gasteiger partial charge in [-0.15, -0.1) is 0 Å². The van der Waals surface area contributed by atoms with Crippen LogP contribution in [-0.2, 0) is 15.8 Å². The van der Waals surface area contributed by atoms with E-state index in [2.05, 4.69) is 18.6 Å². The quantitative estimate of drug-likeness (QED) is 0.704. The highest BCUT2D eigenvalue weighted by atomic mass is 35.5. The van der Waals surface area contributed by atoms with Gasteiger partial charge in [-0.3, -0.25) is 0 Å². The number of halogens is 2. The molecule has 0 fully saturated rings. The summed E-state index contributed by atoms with van der Waals surface area (Å²) in [7, 11) is -3.35. The van der Waals surface area contributed by atoms with Crippen molar-refractivity contribution >= 4 is 33.2 Å². The van der Waals surface area contributed by atoms with Crippen molar-refractivity contribution in [2.24, 2.45) is 5.92 Å². The Hall–Kier alpha value is -0.290. The number of nitrogens with one attached hydrogen (secondary N) is 1. The lowest BCUT2D eigenvalue weighted by atomic mass is 10.00. The molecule has 0 aliphatic heterocycles. The van der Waals surface area contributed by atoms with E-state index in [-0.39, 0.29) is 5.75 Å². The van der Waals surface area contributed by atoms with Crippen molar-refractivity contribution in [2.75, 3.05) is 6.54 Å². The second kappa shape index (κ2) is 8.99. The maximum atomic E-state index is 12.1. The third-order valence-electron chi connectivity index (χ3n) is 3.48. The summed E-state index contributed by atoms with van der Waals surface area (Å²) in [5.74, 6) is 0.321. The third-order valence-corrected chi connectivity index (χ3v) is 5.53. The molecule has 0 heterocycles. The number of rotatable bonds is 9. The first-order valence-corrected chi connectivity index (χ1v) is 9.70. The summed E-state index contributed by atoms with van der Waals surface area (Å²) in [6, 6.07) is 4.89. The Kier molecular flexibility index (Phi) is 8.03. The van der Waals surface area contributed by atoms with Gasteiger partial charge in [-0.05, 0) is 30.0 Å². The number of unbranched alkanes of at least 4 members (excludes halogenated alkanes) is 1. The van der Waals surface area contributed by atoms with E-state index in [9.17, 15) is 8.42 Å². The second-order valence-corrected chi connectivity index (χ2v) is 7.89. The van der Waals surface area contributed by atoms with Crippen molar-refractivity contribution in [3.05, 3.63) is 33.8 Å². The number of hydrogen-bond acceptors (Lipinski definition) is 2. The Bertz CT molecular complexity index is 547. The topological polar surface area (TPSA) is 46.2 Å². The first-order chi connectivity index (χ1) is 9.88. The van der Waals surface area contributed by atoms with Gasteiger partial charge in [0.15, 0.2) is 0 Å². The second-order valence-electron chi connectivity index (χ2n) is 5.27. The fraction of sp³-hybridized carbons (Fsp3) is 0.600. The highest BCUT2D eigenvalue weighted by molar-refractivity contribution is 7.88. The highest BCUT2D eigenvalue weighted by Gasteiger charge is 2.15. The molecule has 0 bridgehead atoms. The van der Waals surface area contributed by atoms with Gasteiger partial charge < -0.3 is 0 Å². The van der Waals surface area contributed by atoms with Crippen LogP contribution in [0.3, 0.4) is 0 Å². The monoisotopic (exact) mass is 351 g/mol. The molecule has 0 radical (unpaired) electrons. The summed E-state index contributed by atoms with van der Waals surface area (Å²) in [5, 5.41) is 0.801. The van der Waals surface area contributed by atoms with Gasteiger partial charge in [-0.2, -0.15) is 0 Å². The first kappa shape index (κ1) is 18.8. The average molecular weight is 352 g/mol. The van der Waals surface area contributed by atoms with Gasteiger partial charge in [-0.25, -0.2) is 13.1 Å². The van der Waals surface area contributed by atoms with Crippen LogP contribution in [0.25, 0.3) is 0 Å². The van der Waals surface area contributed by atoms with Crippen molar-refractivity contribution in [1.29, 1.82) is 0 Å². The Morgan fingerprint density at radius 3 is 2.48 bits per heavy atom. The van der Waals surface area contributed by atoms with E-state index in [0.717, 1.165) is 25.7 Å². The lowest BCUT2D eigenvalue weighted by Crippen LogP contribution is -2.30. The highest BCUT2D eigenvalue weighted by Crippen LogP contribution is 2.23. The van der Waals surface area contributed by atoms with Crippen LogP contribution in [0.5, 0.6) is 0 Å². The zero-order chi connectivity index (χ0) is 15.9.